The van der Waals surface area contributed by atoms with Gasteiger partial charge in [-0.1, -0.05) is 6.08 Å². The fourth-order valence-electron chi connectivity index (χ4n) is 2.50. The van der Waals surface area contributed by atoms with Crippen molar-refractivity contribution >= 4 is 35.7 Å². The standard InChI is InChI=1S/C17H24N4O2.ClH/c1-2-10-19-17(23)21-15-6-4-14(5-7-15)20-16(22)8-3-13-9-11-18-12-13;/h2,4-7,13,18H,1,3,8-12H2,(H,20,22)(H2,19,21,23);1H. The number of carbonyl (C=O) groups is 2. The van der Waals surface area contributed by atoms with Crippen LogP contribution < -0.4 is 21.3 Å². The molecule has 2 rings (SSSR count). The molecule has 24 heavy (non-hydrogen) atoms. The molecule has 1 aromatic carbocycles. The van der Waals surface area contributed by atoms with Gasteiger partial charge >= 0.3 is 6.03 Å². The van der Waals surface area contributed by atoms with E-state index >= 15 is 0 Å². The zero-order valence-electron chi connectivity index (χ0n) is 13.6. The van der Waals surface area contributed by atoms with Gasteiger partial charge in [-0.05, 0) is 56.1 Å². The van der Waals surface area contributed by atoms with E-state index in [1.54, 1.807) is 30.3 Å². The van der Waals surface area contributed by atoms with E-state index in [0.717, 1.165) is 31.6 Å². The maximum absolute atomic E-state index is 11.9. The van der Waals surface area contributed by atoms with E-state index < -0.39 is 0 Å². The van der Waals surface area contributed by atoms with Crippen LogP contribution in [0.15, 0.2) is 36.9 Å². The van der Waals surface area contributed by atoms with E-state index in [9.17, 15) is 9.59 Å². The number of rotatable bonds is 7. The van der Waals surface area contributed by atoms with Crippen molar-refractivity contribution in [3.63, 3.8) is 0 Å². The van der Waals surface area contributed by atoms with Crippen LogP contribution in [0.2, 0.25) is 0 Å². The molecule has 1 fully saturated rings. The van der Waals surface area contributed by atoms with E-state index in [1.807, 2.05) is 0 Å². The largest absolute Gasteiger partial charge is 0.334 e. The Labute approximate surface area is 148 Å². The topological polar surface area (TPSA) is 82.3 Å². The van der Waals surface area contributed by atoms with Gasteiger partial charge in [0.05, 0.1) is 0 Å². The summed E-state index contributed by atoms with van der Waals surface area (Å²) in [7, 11) is 0. The predicted octanol–water partition coefficient (Wildman–Crippen LogP) is 2.74. The first-order valence-corrected chi connectivity index (χ1v) is 7.94. The Morgan fingerprint density at radius 3 is 2.46 bits per heavy atom. The lowest BCUT2D eigenvalue weighted by molar-refractivity contribution is -0.116. The molecule has 0 radical (unpaired) electrons. The fourth-order valence-corrected chi connectivity index (χ4v) is 2.50. The van der Waals surface area contributed by atoms with Gasteiger partial charge in [-0.25, -0.2) is 4.79 Å². The summed E-state index contributed by atoms with van der Waals surface area (Å²) in [6.07, 6.45) is 4.22. The smallest absolute Gasteiger partial charge is 0.319 e. The third-order valence-corrected chi connectivity index (χ3v) is 3.78. The zero-order chi connectivity index (χ0) is 16.5. The van der Waals surface area contributed by atoms with Gasteiger partial charge in [0.25, 0.3) is 0 Å². The third-order valence-electron chi connectivity index (χ3n) is 3.78. The molecule has 1 saturated heterocycles. The first-order valence-electron chi connectivity index (χ1n) is 7.94. The molecule has 0 aliphatic carbocycles. The summed E-state index contributed by atoms with van der Waals surface area (Å²) in [4.78, 5) is 23.4. The minimum absolute atomic E-state index is 0. The van der Waals surface area contributed by atoms with Gasteiger partial charge in [0.1, 0.15) is 0 Å². The highest BCUT2D eigenvalue weighted by Crippen LogP contribution is 2.17. The van der Waals surface area contributed by atoms with Crippen LogP contribution in [-0.2, 0) is 4.79 Å². The average molecular weight is 353 g/mol. The van der Waals surface area contributed by atoms with Crippen LogP contribution in [0.25, 0.3) is 0 Å². The van der Waals surface area contributed by atoms with Crippen molar-refractivity contribution in [3.05, 3.63) is 36.9 Å². The summed E-state index contributed by atoms with van der Waals surface area (Å²) in [6, 6.07) is 6.77. The number of benzene rings is 1. The monoisotopic (exact) mass is 352 g/mol. The number of anilines is 2. The van der Waals surface area contributed by atoms with Crippen molar-refractivity contribution in [1.82, 2.24) is 10.6 Å². The first kappa shape index (κ1) is 20.0. The normalized spacial score (nSPS) is 15.9. The maximum atomic E-state index is 11.9. The van der Waals surface area contributed by atoms with Gasteiger partial charge in [0.15, 0.2) is 0 Å². The number of nitrogens with one attached hydrogen (secondary N) is 4. The van der Waals surface area contributed by atoms with Gasteiger partial charge < -0.3 is 21.3 Å². The number of carbonyl (C=O) groups excluding carboxylic acids is 2. The Bertz CT molecular complexity index is 542. The predicted molar refractivity (Wildman–Crippen MR) is 99.7 cm³/mol. The summed E-state index contributed by atoms with van der Waals surface area (Å²) in [5.74, 6) is 0.641. The van der Waals surface area contributed by atoms with E-state index in [-0.39, 0.29) is 24.3 Å². The van der Waals surface area contributed by atoms with Gasteiger partial charge in [0.2, 0.25) is 5.91 Å². The van der Waals surface area contributed by atoms with Crippen LogP contribution >= 0.6 is 12.4 Å². The highest BCUT2D eigenvalue weighted by molar-refractivity contribution is 5.92. The van der Waals surface area contributed by atoms with Gasteiger partial charge in [-0.15, -0.1) is 19.0 Å². The summed E-state index contributed by atoms with van der Waals surface area (Å²) in [5, 5.41) is 11.5. The molecule has 7 heteroatoms. The summed E-state index contributed by atoms with van der Waals surface area (Å²) < 4.78 is 0. The molecule has 3 amide bonds. The molecule has 0 bridgehead atoms. The number of hydrogen-bond donors (Lipinski definition) is 4. The number of amides is 3. The van der Waals surface area contributed by atoms with E-state index in [0.29, 0.717) is 24.6 Å². The molecule has 0 spiro atoms. The van der Waals surface area contributed by atoms with Crippen molar-refractivity contribution < 1.29 is 9.59 Å². The quantitative estimate of drug-likeness (QED) is 0.569. The summed E-state index contributed by atoms with van der Waals surface area (Å²) >= 11 is 0. The van der Waals surface area contributed by atoms with Crippen LogP contribution in [0, 0.1) is 5.92 Å². The molecular formula is C17H25ClN4O2. The molecule has 1 unspecified atom stereocenters. The molecule has 1 heterocycles. The van der Waals surface area contributed by atoms with E-state index in [4.69, 9.17) is 0 Å². The molecule has 1 aromatic rings. The molecule has 1 atom stereocenters. The molecule has 0 aromatic heterocycles. The molecule has 1 aliphatic heterocycles. The Hall–Kier alpha value is -2.05. The van der Waals surface area contributed by atoms with Crippen molar-refractivity contribution in [2.75, 3.05) is 30.3 Å². The highest BCUT2D eigenvalue weighted by Gasteiger charge is 2.15. The van der Waals surface area contributed by atoms with E-state index in [2.05, 4.69) is 27.8 Å². The minimum Gasteiger partial charge on any atom is -0.334 e. The maximum Gasteiger partial charge on any atom is 0.319 e. The minimum atomic E-state index is -0.285. The molecular weight excluding hydrogens is 328 g/mol. The van der Waals surface area contributed by atoms with Crippen LogP contribution in [0.3, 0.4) is 0 Å². The number of halogens is 1. The average Bonchev–Trinajstić information content (AvgIpc) is 3.06. The molecule has 132 valence electrons. The lowest BCUT2D eigenvalue weighted by Gasteiger charge is -2.10. The van der Waals surface area contributed by atoms with Crippen molar-refractivity contribution in [3.8, 4) is 0 Å². The van der Waals surface area contributed by atoms with Crippen LogP contribution in [-0.4, -0.2) is 31.6 Å². The Morgan fingerprint density at radius 1 is 1.21 bits per heavy atom. The van der Waals surface area contributed by atoms with Crippen LogP contribution in [0.4, 0.5) is 16.2 Å². The SMILES string of the molecule is C=CCNC(=O)Nc1ccc(NC(=O)CCC2CCNC2)cc1.Cl. The highest BCUT2D eigenvalue weighted by atomic mass is 35.5. The Morgan fingerprint density at radius 2 is 1.88 bits per heavy atom. The van der Waals surface area contributed by atoms with E-state index in [1.165, 1.54) is 0 Å². The lowest BCUT2D eigenvalue weighted by Crippen LogP contribution is -2.28. The van der Waals surface area contributed by atoms with Gasteiger partial charge in [0, 0.05) is 24.3 Å². The first-order chi connectivity index (χ1) is 11.2. The van der Waals surface area contributed by atoms with Crippen LogP contribution in [0.1, 0.15) is 19.3 Å². The second-order valence-corrected chi connectivity index (χ2v) is 5.65. The molecule has 0 saturated carbocycles. The number of hydrogen-bond acceptors (Lipinski definition) is 3. The van der Waals surface area contributed by atoms with Crippen molar-refractivity contribution in [2.45, 2.75) is 19.3 Å². The second-order valence-electron chi connectivity index (χ2n) is 5.65. The van der Waals surface area contributed by atoms with Crippen LogP contribution in [0.5, 0.6) is 0 Å². The fraction of sp³-hybridized carbons (Fsp3) is 0.412. The third kappa shape index (κ3) is 7.02. The lowest BCUT2D eigenvalue weighted by atomic mass is 10.0. The van der Waals surface area contributed by atoms with Gasteiger partial charge in [-0.2, -0.15) is 0 Å². The Kier molecular flexibility index (Phi) is 8.89. The van der Waals surface area contributed by atoms with Gasteiger partial charge in [-0.3, -0.25) is 4.79 Å². The Balaban J connectivity index is 0.00000288. The summed E-state index contributed by atoms with van der Waals surface area (Å²) in [5.41, 5.74) is 1.40. The summed E-state index contributed by atoms with van der Waals surface area (Å²) in [6.45, 7) is 6.02. The molecule has 6 nitrogen and oxygen atoms in total. The molecule has 4 N–H and O–H groups in total. The van der Waals surface area contributed by atoms with Crippen molar-refractivity contribution in [1.29, 1.82) is 0 Å². The molecule has 1 aliphatic rings. The number of urea groups is 1. The zero-order valence-corrected chi connectivity index (χ0v) is 14.5. The second kappa shape index (κ2) is 10.7. The van der Waals surface area contributed by atoms with Crippen molar-refractivity contribution in [2.24, 2.45) is 5.92 Å².